The number of nitrogens with zero attached hydrogens (tertiary/aromatic N) is 1. The second-order valence-corrected chi connectivity index (χ2v) is 5.27. The van der Waals surface area contributed by atoms with Crippen molar-refractivity contribution in [3.63, 3.8) is 0 Å². The molecule has 0 saturated carbocycles. The van der Waals surface area contributed by atoms with E-state index in [1.54, 1.807) is 4.90 Å². The molecule has 0 unspecified atom stereocenters. The summed E-state index contributed by atoms with van der Waals surface area (Å²) in [7, 11) is 0. The van der Waals surface area contributed by atoms with Gasteiger partial charge in [-0.2, -0.15) is 0 Å². The second kappa shape index (κ2) is 8.59. The summed E-state index contributed by atoms with van der Waals surface area (Å²) in [5.74, 6) is 0.431. The van der Waals surface area contributed by atoms with E-state index in [4.69, 9.17) is 5.11 Å². The highest BCUT2D eigenvalue weighted by Crippen LogP contribution is 2.18. The van der Waals surface area contributed by atoms with Crippen LogP contribution in [0.2, 0.25) is 0 Å². The van der Waals surface area contributed by atoms with Crippen LogP contribution in [0.1, 0.15) is 45.1 Å². The van der Waals surface area contributed by atoms with Gasteiger partial charge in [-0.3, -0.25) is 0 Å². The summed E-state index contributed by atoms with van der Waals surface area (Å²) in [6, 6.07) is 7.75. The van der Waals surface area contributed by atoms with Gasteiger partial charge < -0.3 is 15.3 Å². The van der Waals surface area contributed by atoms with Crippen molar-refractivity contribution in [1.29, 1.82) is 0 Å². The topological polar surface area (TPSA) is 52.6 Å². The van der Waals surface area contributed by atoms with Gasteiger partial charge in [-0.1, -0.05) is 39.3 Å². The lowest BCUT2D eigenvalue weighted by Crippen LogP contribution is -2.37. The summed E-state index contributed by atoms with van der Waals surface area (Å²) in [4.78, 5) is 13.9. The fourth-order valence-electron chi connectivity index (χ4n) is 1.96. The van der Waals surface area contributed by atoms with E-state index in [9.17, 15) is 4.79 Å². The third-order valence-electron chi connectivity index (χ3n) is 3.24. The van der Waals surface area contributed by atoms with Crippen LogP contribution in [0.4, 0.5) is 10.5 Å². The molecule has 0 saturated heterocycles. The smallest absolute Gasteiger partial charge is 0.321 e. The van der Waals surface area contributed by atoms with E-state index >= 15 is 0 Å². The Bertz CT molecular complexity index is 419. The number of aliphatic hydroxyl groups is 1. The van der Waals surface area contributed by atoms with Crippen molar-refractivity contribution in [1.82, 2.24) is 4.90 Å². The molecule has 0 aliphatic carbocycles. The molecule has 0 bridgehead atoms. The van der Waals surface area contributed by atoms with Crippen LogP contribution < -0.4 is 5.32 Å². The summed E-state index contributed by atoms with van der Waals surface area (Å²) >= 11 is 0. The van der Waals surface area contributed by atoms with Gasteiger partial charge in [0.1, 0.15) is 0 Å². The molecule has 0 fully saturated rings. The first-order valence-electron chi connectivity index (χ1n) is 7.35. The summed E-state index contributed by atoms with van der Waals surface area (Å²) in [6.07, 6.45) is 1.97. The number of nitrogens with one attached hydrogen (secondary N) is 1. The predicted molar refractivity (Wildman–Crippen MR) is 83.1 cm³/mol. The van der Waals surface area contributed by atoms with Gasteiger partial charge in [0.2, 0.25) is 0 Å². The number of urea groups is 1. The molecule has 0 aliphatic heterocycles. The Hall–Kier alpha value is -1.55. The second-order valence-electron chi connectivity index (χ2n) is 5.27. The highest BCUT2D eigenvalue weighted by molar-refractivity contribution is 5.89. The number of aliphatic hydroxyl groups excluding tert-OH is 1. The Labute approximate surface area is 121 Å². The van der Waals surface area contributed by atoms with Crippen LogP contribution in [-0.2, 0) is 0 Å². The van der Waals surface area contributed by atoms with Crippen molar-refractivity contribution in [3.05, 3.63) is 29.8 Å². The first-order chi connectivity index (χ1) is 9.58. The highest BCUT2D eigenvalue weighted by Gasteiger charge is 2.12. The Balaban J connectivity index is 2.69. The molecule has 4 nitrogen and oxygen atoms in total. The number of rotatable bonds is 7. The molecule has 0 aromatic heterocycles. The third-order valence-corrected chi connectivity index (χ3v) is 3.24. The van der Waals surface area contributed by atoms with Crippen molar-refractivity contribution in [2.45, 2.75) is 39.5 Å². The Kier molecular flexibility index (Phi) is 7.09. The van der Waals surface area contributed by atoms with E-state index in [-0.39, 0.29) is 12.6 Å². The maximum atomic E-state index is 12.2. The van der Waals surface area contributed by atoms with E-state index in [2.05, 4.69) is 32.2 Å². The number of unbranched alkanes of at least 4 members (excludes halogenated alkanes) is 1. The lowest BCUT2D eigenvalue weighted by Gasteiger charge is -2.22. The molecule has 0 atom stereocenters. The molecule has 112 valence electrons. The third kappa shape index (κ3) is 5.21. The molecule has 4 heteroatoms. The van der Waals surface area contributed by atoms with Crippen molar-refractivity contribution in [2.75, 3.05) is 25.0 Å². The molecule has 0 spiro atoms. The average molecular weight is 278 g/mol. The lowest BCUT2D eigenvalue weighted by molar-refractivity contribution is 0.187. The van der Waals surface area contributed by atoms with E-state index in [0.717, 1.165) is 18.5 Å². The molecule has 20 heavy (non-hydrogen) atoms. The summed E-state index contributed by atoms with van der Waals surface area (Å²) in [6.45, 7) is 7.37. The first kappa shape index (κ1) is 16.5. The Morgan fingerprint density at radius 2 is 2.10 bits per heavy atom. The van der Waals surface area contributed by atoms with Crippen LogP contribution in [0.3, 0.4) is 0 Å². The zero-order valence-corrected chi connectivity index (χ0v) is 12.7. The number of anilines is 1. The molecule has 2 amide bonds. The van der Waals surface area contributed by atoms with Gasteiger partial charge in [0, 0.05) is 18.8 Å². The van der Waals surface area contributed by atoms with Gasteiger partial charge >= 0.3 is 6.03 Å². The van der Waals surface area contributed by atoms with Gasteiger partial charge in [0.05, 0.1) is 6.61 Å². The fraction of sp³-hybridized carbons (Fsp3) is 0.562. The van der Waals surface area contributed by atoms with Crippen molar-refractivity contribution < 1.29 is 9.90 Å². The van der Waals surface area contributed by atoms with Gasteiger partial charge in [-0.15, -0.1) is 0 Å². The number of benzene rings is 1. The number of carbonyl (C=O) groups excluding carboxylic acids is 1. The summed E-state index contributed by atoms with van der Waals surface area (Å²) in [5, 5.41) is 12.0. The zero-order chi connectivity index (χ0) is 15.0. The molecule has 2 N–H and O–H groups in total. The molecular formula is C16H26N2O2. The van der Waals surface area contributed by atoms with E-state index < -0.39 is 0 Å². The molecule has 0 heterocycles. The van der Waals surface area contributed by atoms with E-state index in [1.807, 2.05) is 18.2 Å². The Morgan fingerprint density at radius 3 is 2.70 bits per heavy atom. The van der Waals surface area contributed by atoms with Crippen LogP contribution in [0.5, 0.6) is 0 Å². The van der Waals surface area contributed by atoms with Crippen LogP contribution >= 0.6 is 0 Å². The highest BCUT2D eigenvalue weighted by atomic mass is 16.3. The Morgan fingerprint density at radius 1 is 1.35 bits per heavy atom. The summed E-state index contributed by atoms with van der Waals surface area (Å²) in [5.41, 5.74) is 2.01. The van der Waals surface area contributed by atoms with E-state index in [0.29, 0.717) is 19.0 Å². The molecule has 1 aromatic carbocycles. The molecule has 1 rings (SSSR count). The number of carbonyl (C=O) groups is 1. The van der Waals surface area contributed by atoms with Crippen LogP contribution in [0.15, 0.2) is 24.3 Å². The fourth-order valence-corrected chi connectivity index (χ4v) is 1.96. The largest absolute Gasteiger partial charge is 0.395 e. The van der Waals surface area contributed by atoms with Crippen LogP contribution in [0, 0.1) is 0 Å². The van der Waals surface area contributed by atoms with Gasteiger partial charge in [-0.25, -0.2) is 4.79 Å². The zero-order valence-electron chi connectivity index (χ0n) is 12.7. The lowest BCUT2D eigenvalue weighted by atomic mass is 10.0. The number of amides is 2. The minimum atomic E-state index is -0.145. The van der Waals surface area contributed by atoms with E-state index in [1.165, 1.54) is 5.56 Å². The SMILES string of the molecule is CCCCN(CCO)C(=O)Nc1cccc(C(C)C)c1. The minimum Gasteiger partial charge on any atom is -0.395 e. The average Bonchev–Trinajstić information content (AvgIpc) is 2.43. The standard InChI is InChI=1S/C16H26N2O2/c1-4-5-9-18(10-11-19)16(20)17-15-8-6-7-14(12-15)13(2)3/h6-8,12-13,19H,4-5,9-11H2,1-3H3,(H,17,20). The van der Waals surface area contributed by atoms with Crippen LogP contribution in [0.25, 0.3) is 0 Å². The molecule has 0 radical (unpaired) electrons. The molecule has 0 aliphatic rings. The number of hydrogen-bond acceptors (Lipinski definition) is 2. The minimum absolute atomic E-state index is 0.0107. The maximum Gasteiger partial charge on any atom is 0.321 e. The predicted octanol–water partition coefficient (Wildman–Crippen LogP) is 3.44. The van der Waals surface area contributed by atoms with Crippen molar-refractivity contribution in [3.8, 4) is 0 Å². The molecule has 1 aromatic rings. The van der Waals surface area contributed by atoms with Gasteiger partial charge in [-0.05, 0) is 30.0 Å². The summed E-state index contributed by atoms with van der Waals surface area (Å²) < 4.78 is 0. The molecular weight excluding hydrogens is 252 g/mol. The van der Waals surface area contributed by atoms with Crippen molar-refractivity contribution in [2.24, 2.45) is 0 Å². The normalized spacial score (nSPS) is 10.7. The van der Waals surface area contributed by atoms with Crippen molar-refractivity contribution >= 4 is 11.7 Å². The van der Waals surface area contributed by atoms with Crippen LogP contribution in [-0.4, -0.2) is 35.7 Å². The first-order valence-corrected chi connectivity index (χ1v) is 7.35. The van der Waals surface area contributed by atoms with Gasteiger partial charge in [0.25, 0.3) is 0 Å². The van der Waals surface area contributed by atoms with Gasteiger partial charge in [0.15, 0.2) is 0 Å². The quantitative estimate of drug-likeness (QED) is 0.802. The monoisotopic (exact) mass is 278 g/mol. The number of hydrogen-bond donors (Lipinski definition) is 2. The maximum absolute atomic E-state index is 12.2.